The van der Waals surface area contributed by atoms with E-state index in [1.807, 2.05) is 0 Å². The van der Waals surface area contributed by atoms with Crippen molar-refractivity contribution in [2.24, 2.45) is 0 Å². The lowest BCUT2D eigenvalue weighted by molar-refractivity contribution is -0.131. The predicted octanol–water partition coefficient (Wildman–Crippen LogP) is 2.54. The van der Waals surface area contributed by atoms with Crippen LogP contribution in [-0.4, -0.2) is 22.0 Å². The Morgan fingerprint density at radius 3 is 2.62 bits per heavy atom. The van der Waals surface area contributed by atoms with Gasteiger partial charge in [0.15, 0.2) is 0 Å². The Kier molecular flexibility index (Phi) is 3.62. The van der Waals surface area contributed by atoms with Crippen molar-refractivity contribution >= 4 is 11.9 Å². The van der Waals surface area contributed by atoms with Crippen molar-refractivity contribution in [3.63, 3.8) is 0 Å². The van der Waals surface area contributed by atoms with Crippen LogP contribution in [0.4, 0.5) is 13.6 Å². The van der Waals surface area contributed by atoms with Crippen LogP contribution in [0.15, 0.2) is 22.7 Å². The highest BCUT2D eigenvalue weighted by atomic mass is 19.1. The first-order valence-electron chi connectivity index (χ1n) is 7.25. The number of hydrogen-bond acceptors (Lipinski definition) is 4. The first-order chi connectivity index (χ1) is 11.2. The third-order valence-corrected chi connectivity index (χ3v) is 4.24. The minimum Gasteiger partial charge on any atom is -0.361 e. The molecule has 1 N–H and O–H groups in total. The number of amides is 3. The van der Waals surface area contributed by atoms with Gasteiger partial charge >= 0.3 is 6.03 Å². The molecule has 1 aromatic heterocycles. The van der Waals surface area contributed by atoms with Gasteiger partial charge in [0.25, 0.3) is 5.91 Å². The minimum atomic E-state index is -1.68. The van der Waals surface area contributed by atoms with Crippen LogP contribution in [0.3, 0.4) is 0 Å². The summed E-state index contributed by atoms with van der Waals surface area (Å²) < 4.78 is 32.6. The van der Waals surface area contributed by atoms with E-state index in [9.17, 15) is 18.4 Å². The van der Waals surface area contributed by atoms with E-state index in [0.29, 0.717) is 17.0 Å². The molecule has 126 valence electrons. The summed E-state index contributed by atoms with van der Waals surface area (Å²) >= 11 is 0. The second-order valence-electron chi connectivity index (χ2n) is 5.87. The third kappa shape index (κ3) is 2.34. The molecule has 0 bridgehead atoms. The molecule has 8 heteroatoms. The van der Waals surface area contributed by atoms with Gasteiger partial charge in [-0.15, -0.1) is 0 Å². The van der Waals surface area contributed by atoms with E-state index in [2.05, 4.69) is 10.5 Å². The number of hydrogen-bond donors (Lipinski definition) is 1. The van der Waals surface area contributed by atoms with E-state index >= 15 is 0 Å². The van der Waals surface area contributed by atoms with Crippen LogP contribution in [-0.2, 0) is 16.9 Å². The molecule has 1 fully saturated rings. The zero-order chi connectivity index (χ0) is 17.6. The lowest BCUT2D eigenvalue weighted by Gasteiger charge is -2.22. The van der Waals surface area contributed by atoms with Gasteiger partial charge in [0, 0.05) is 11.1 Å². The van der Waals surface area contributed by atoms with Gasteiger partial charge in [0.1, 0.15) is 22.9 Å². The molecule has 0 radical (unpaired) electrons. The number of carbonyl (C=O) groups excluding carboxylic acids is 2. The Morgan fingerprint density at radius 2 is 2.00 bits per heavy atom. The van der Waals surface area contributed by atoms with Crippen molar-refractivity contribution in [2.75, 3.05) is 0 Å². The summed E-state index contributed by atoms with van der Waals surface area (Å²) in [5, 5.41) is 6.22. The highest BCUT2D eigenvalue weighted by Gasteiger charge is 2.50. The Hall–Kier alpha value is -2.77. The number of benzene rings is 1. The summed E-state index contributed by atoms with van der Waals surface area (Å²) in [4.78, 5) is 25.9. The molecule has 24 heavy (non-hydrogen) atoms. The molecular weight excluding hydrogens is 320 g/mol. The molecule has 0 aliphatic carbocycles. The van der Waals surface area contributed by atoms with Crippen molar-refractivity contribution in [3.05, 3.63) is 52.4 Å². The van der Waals surface area contributed by atoms with E-state index in [1.54, 1.807) is 13.8 Å². The summed E-state index contributed by atoms with van der Waals surface area (Å²) in [6.45, 7) is 4.64. The topological polar surface area (TPSA) is 75.4 Å². The molecule has 1 atom stereocenters. The Balaban J connectivity index is 1.98. The molecular formula is C16H15F2N3O3. The van der Waals surface area contributed by atoms with E-state index in [1.165, 1.54) is 6.92 Å². The number of aryl methyl sites for hydroxylation is 2. The van der Waals surface area contributed by atoms with Gasteiger partial charge in [-0.05, 0) is 39.0 Å². The van der Waals surface area contributed by atoms with E-state index in [0.717, 1.165) is 23.1 Å². The summed E-state index contributed by atoms with van der Waals surface area (Å²) in [7, 11) is 0. The van der Waals surface area contributed by atoms with E-state index in [-0.39, 0.29) is 12.1 Å². The van der Waals surface area contributed by atoms with Gasteiger partial charge in [0.2, 0.25) is 0 Å². The number of urea groups is 1. The van der Waals surface area contributed by atoms with Gasteiger partial charge < -0.3 is 9.84 Å². The van der Waals surface area contributed by atoms with Gasteiger partial charge in [0.05, 0.1) is 12.2 Å². The van der Waals surface area contributed by atoms with Crippen LogP contribution in [0.2, 0.25) is 0 Å². The molecule has 1 aromatic carbocycles. The minimum absolute atomic E-state index is 0.0572. The smallest absolute Gasteiger partial charge is 0.325 e. The molecule has 1 saturated heterocycles. The third-order valence-electron chi connectivity index (χ3n) is 4.24. The Labute approximate surface area is 136 Å². The first kappa shape index (κ1) is 16.1. The number of aromatic nitrogens is 1. The highest BCUT2D eigenvalue weighted by molar-refractivity contribution is 6.07. The fraction of sp³-hybridized carbons (Fsp3) is 0.312. The summed E-state index contributed by atoms with van der Waals surface area (Å²) in [5.74, 6) is -1.65. The molecule has 6 nitrogen and oxygen atoms in total. The highest BCUT2D eigenvalue weighted by Crippen LogP contribution is 2.32. The zero-order valence-electron chi connectivity index (χ0n) is 13.3. The number of nitrogens with one attached hydrogen (secondary N) is 1. The van der Waals surface area contributed by atoms with Crippen LogP contribution < -0.4 is 5.32 Å². The van der Waals surface area contributed by atoms with Crippen molar-refractivity contribution in [1.82, 2.24) is 15.4 Å². The fourth-order valence-electron chi connectivity index (χ4n) is 2.79. The molecule has 2 heterocycles. The fourth-order valence-corrected chi connectivity index (χ4v) is 2.79. The molecule has 3 amide bonds. The van der Waals surface area contributed by atoms with Gasteiger partial charge in [-0.3, -0.25) is 9.69 Å². The SMILES string of the molecule is Cc1noc(C)c1CN1C(=O)N[C@@](C)(c2cc(F)ccc2F)C1=O. The molecule has 0 saturated carbocycles. The van der Waals surface area contributed by atoms with E-state index < -0.39 is 29.1 Å². The van der Waals surface area contributed by atoms with Crippen LogP contribution in [0.1, 0.15) is 29.5 Å². The maximum Gasteiger partial charge on any atom is 0.325 e. The molecule has 3 rings (SSSR count). The van der Waals surface area contributed by atoms with Crippen LogP contribution >= 0.6 is 0 Å². The average molecular weight is 335 g/mol. The second kappa shape index (κ2) is 5.40. The van der Waals surface area contributed by atoms with Gasteiger partial charge in [-0.1, -0.05) is 5.16 Å². The van der Waals surface area contributed by atoms with Crippen molar-refractivity contribution < 1.29 is 22.9 Å². The Morgan fingerprint density at radius 1 is 1.29 bits per heavy atom. The lowest BCUT2D eigenvalue weighted by Crippen LogP contribution is -2.41. The van der Waals surface area contributed by atoms with Gasteiger partial charge in [-0.25, -0.2) is 13.6 Å². The summed E-state index contributed by atoms with van der Waals surface area (Å²) in [6, 6.07) is 2.09. The maximum absolute atomic E-state index is 14.1. The molecule has 1 aliphatic rings. The van der Waals surface area contributed by atoms with Crippen molar-refractivity contribution in [1.29, 1.82) is 0 Å². The normalized spacial score (nSPS) is 20.6. The van der Waals surface area contributed by atoms with Crippen molar-refractivity contribution in [3.8, 4) is 0 Å². The van der Waals surface area contributed by atoms with Crippen LogP contribution in [0, 0.1) is 25.5 Å². The number of imide groups is 1. The average Bonchev–Trinajstić information content (AvgIpc) is 2.95. The molecule has 1 aliphatic heterocycles. The van der Waals surface area contributed by atoms with Crippen LogP contribution in [0.5, 0.6) is 0 Å². The monoisotopic (exact) mass is 335 g/mol. The number of carbonyl (C=O) groups is 2. The van der Waals surface area contributed by atoms with E-state index in [4.69, 9.17) is 4.52 Å². The first-order valence-corrected chi connectivity index (χ1v) is 7.25. The Bertz CT molecular complexity index is 830. The standard InChI is InChI=1S/C16H15F2N3O3/c1-8-11(9(2)24-20-8)7-21-14(22)16(3,19-15(21)23)12-6-10(17)4-5-13(12)18/h4-6H,7H2,1-3H3,(H,19,23)/t16-/m0/s1. The molecule has 0 unspecified atom stereocenters. The zero-order valence-corrected chi connectivity index (χ0v) is 13.3. The molecule has 2 aromatic rings. The maximum atomic E-state index is 14.1. The second-order valence-corrected chi connectivity index (χ2v) is 5.87. The summed E-state index contributed by atoms with van der Waals surface area (Å²) in [5.41, 5.74) is -0.745. The largest absolute Gasteiger partial charge is 0.361 e. The number of rotatable bonds is 3. The lowest BCUT2D eigenvalue weighted by atomic mass is 9.91. The molecule has 0 spiro atoms. The van der Waals surface area contributed by atoms with Gasteiger partial charge in [-0.2, -0.15) is 0 Å². The predicted molar refractivity (Wildman–Crippen MR) is 78.8 cm³/mol. The van der Waals surface area contributed by atoms with Crippen LogP contribution in [0.25, 0.3) is 0 Å². The van der Waals surface area contributed by atoms with Crippen molar-refractivity contribution in [2.45, 2.75) is 32.9 Å². The summed E-state index contributed by atoms with van der Waals surface area (Å²) in [6.07, 6.45) is 0. The number of halogens is 2. The quantitative estimate of drug-likeness (QED) is 0.875. The number of nitrogens with zero attached hydrogens (tertiary/aromatic N) is 2.